The molecule has 0 saturated heterocycles. The van der Waals surface area contributed by atoms with Gasteiger partial charge in [0.1, 0.15) is 0 Å². The lowest BCUT2D eigenvalue weighted by Crippen LogP contribution is -2.15. The first-order chi connectivity index (χ1) is 12.3. The Hall–Kier alpha value is -3.11. The van der Waals surface area contributed by atoms with Crippen LogP contribution in [0.2, 0.25) is 0 Å². The van der Waals surface area contributed by atoms with Gasteiger partial charge in [-0.3, -0.25) is 0 Å². The fraction of sp³-hybridized carbons (Fsp3) is 0.316. The molecule has 1 aliphatic rings. The average Bonchev–Trinajstić information content (AvgIpc) is 3.19. The molecular weight excluding hydrogens is 334 g/mol. The normalized spacial score (nSPS) is 18.4. The molecule has 2 atom stereocenters. The van der Waals surface area contributed by atoms with E-state index in [0.717, 1.165) is 23.5 Å². The van der Waals surface area contributed by atoms with Crippen LogP contribution >= 0.6 is 0 Å². The molecule has 3 N–H and O–H groups in total. The maximum absolute atomic E-state index is 9.55. The molecular formula is C19H21N3O4. The van der Waals surface area contributed by atoms with Crippen molar-refractivity contribution in [2.24, 2.45) is 5.92 Å². The number of aromatic nitrogens is 1. The minimum atomic E-state index is -1.26. The Morgan fingerprint density at radius 1 is 1.31 bits per heavy atom. The lowest BCUT2D eigenvalue weighted by Gasteiger charge is -2.08. The van der Waals surface area contributed by atoms with Gasteiger partial charge in [-0.05, 0) is 56.1 Å². The summed E-state index contributed by atoms with van der Waals surface area (Å²) in [6.07, 6.45) is 4.50. The van der Waals surface area contributed by atoms with Gasteiger partial charge in [0, 0.05) is 35.8 Å². The molecule has 136 valence electrons. The van der Waals surface area contributed by atoms with Crippen molar-refractivity contribution >= 4 is 22.8 Å². The van der Waals surface area contributed by atoms with E-state index in [9.17, 15) is 9.59 Å². The largest absolute Gasteiger partial charge is 0.478 e. The lowest BCUT2D eigenvalue weighted by molar-refractivity contribution is -0.134. The summed E-state index contributed by atoms with van der Waals surface area (Å²) in [6, 6.07) is 8.09. The minimum Gasteiger partial charge on any atom is -0.478 e. The SMILES string of the molecule is CN(C)C[C@H]1C[C@@H]1c1c[nH]c2ccc(C#N)cc12.O=C(O)/C=C\C(=O)O. The summed E-state index contributed by atoms with van der Waals surface area (Å²) >= 11 is 0. The highest BCUT2D eigenvalue weighted by Gasteiger charge is 2.39. The topological polar surface area (TPSA) is 117 Å². The summed E-state index contributed by atoms with van der Waals surface area (Å²) in [5, 5.41) is 25.8. The van der Waals surface area contributed by atoms with Crippen molar-refractivity contribution in [1.82, 2.24) is 9.88 Å². The number of nitrogens with one attached hydrogen (secondary N) is 1. The predicted molar refractivity (Wildman–Crippen MR) is 96.8 cm³/mol. The summed E-state index contributed by atoms with van der Waals surface area (Å²) in [5.74, 6) is -1.08. The van der Waals surface area contributed by atoms with Crippen LogP contribution in [0.15, 0.2) is 36.5 Å². The summed E-state index contributed by atoms with van der Waals surface area (Å²) < 4.78 is 0. The number of nitriles is 1. The summed E-state index contributed by atoms with van der Waals surface area (Å²) in [6.45, 7) is 1.15. The molecule has 0 radical (unpaired) electrons. The van der Waals surface area contributed by atoms with E-state index in [0.29, 0.717) is 18.1 Å². The minimum absolute atomic E-state index is 0.558. The van der Waals surface area contributed by atoms with E-state index in [4.69, 9.17) is 15.5 Å². The molecule has 1 saturated carbocycles. The second-order valence-corrected chi connectivity index (χ2v) is 6.49. The number of nitrogens with zero attached hydrogens (tertiary/aromatic N) is 2. The molecule has 1 aliphatic carbocycles. The van der Waals surface area contributed by atoms with Crippen LogP contribution in [-0.2, 0) is 9.59 Å². The molecule has 0 spiro atoms. The van der Waals surface area contributed by atoms with Crippen LogP contribution < -0.4 is 0 Å². The number of carboxylic acids is 2. The standard InChI is InChI=1S/C15H17N3.C4H4O4/c1-18(2)9-11-6-12(11)14-8-17-15-4-3-10(7-16)5-13(14)15;5-3(6)1-2-4(7)8/h3-5,8,11-12,17H,6,9H2,1-2H3;1-2H,(H,5,6)(H,7,8)/b;2-1-/t11-,12+;/m1./s1. The third-order valence-electron chi connectivity index (χ3n) is 4.13. The highest BCUT2D eigenvalue weighted by molar-refractivity contribution is 5.89. The smallest absolute Gasteiger partial charge is 0.328 e. The fourth-order valence-electron chi connectivity index (χ4n) is 2.96. The zero-order valence-electron chi connectivity index (χ0n) is 14.6. The van der Waals surface area contributed by atoms with Crippen molar-refractivity contribution in [2.45, 2.75) is 12.3 Å². The van der Waals surface area contributed by atoms with Crippen molar-refractivity contribution < 1.29 is 19.8 Å². The van der Waals surface area contributed by atoms with E-state index in [1.807, 2.05) is 18.2 Å². The summed E-state index contributed by atoms with van der Waals surface area (Å²) in [7, 11) is 4.25. The first-order valence-corrected chi connectivity index (χ1v) is 8.11. The number of aromatic amines is 1. The maximum Gasteiger partial charge on any atom is 0.328 e. The fourth-order valence-corrected chi connectivity index (χ4v) is 2.96. The van der Waals surface area contributed by atoms with Crippen molar-refractivity contribution in [3.8, 4) is 6.07 Å². The van der Waals surface area contributed by atoms with Crippen molar-refractivity contribution in [2.75, 3.05) is 20.6 Å². The average molecular weight is 355 g/mol. The van der Waals surface area contributed by atoms with Crippen LogP contribution in [0.25, 0.3) is 10.9 Å². The van der Waals surface area contributed by atoms with Gasteiger partial charge in [0.2, 0.25) is 0 Å². The van der Waals surface area contributed by atoms with Gasteiger partial charge in [-0.1, -0.05) is 0 Å². The van der Waals surface area contributed by atoms with Crippen LogP contribution in [0.4, 0.5) is 0 Å². The predicted octanol–water partition coefficient (Wildman–Crippen LogP) is 2.42. The number of H-pyrrole nitrogens is 1. The third kappa shape index (κ3) is 5.19. The lowest BCUT2D eigenvalue weighted by atomic mass is 10.1. The number of hydrogen-bond acceptors (Lipinski definition) is 4. The van der Waals surface area contributed by atoms with E-state index < -0.39 is 11.9 Å². The van der Waals surface area contributed by atoms with Crippen LogP contribution in [0.5, 0.6) is 0 Å². The monoisotopic (exact) mass is 355 g/mol. The Bertz CT molecular complexity index is 861. The molecule has 3 rings (SSSR count). The molecule has 0 aliphatic heterocycles. The van der Waals surface area contributed by atoms with E-state index >= 15 is 0 Å². The van der Waals surface area contributed by atoms with E-state index in [1.54, 1.807) is 0 Å². The van der Waals surface area contributed by atoms with Crippen LogP contribution in [0.3, 0.4) is 0 Å². The van der Waals surface area contributed by atoms with Crippen LogP contribution in [0.1, 0.15) is 23.5 Å². The highest BCUT2D eigenvalue weighted by atomic mass is 16.4. The number of carboxylic acid groups (broad SMARTS) is 2. The quantitative estimate of drug-likeness (QED) is 0.709. The molecule has 1 heterocycles. The van der Waals surface area contributed by atoms with Gasteiger partial charge >= 0.3 is 11.9 Å². The zero-order valence-corrected chi connectivity index (χ0v) is 14.6. The third-order valence-corrected chi connectivity index (χ3v) is 4.13. The van der Waals surface area contributed by atoms with Gasteiger partial charge in [0.15, 0.2) is 0 Å². The summed E-state index contributed by atoms with van der Waals surface area (Å²) in [5.41, 5.74) is 3.27. The molecule has 1 fully saturated rings. The van der Waals surface area contributed by atoms with Crippen LogP contribution in [0, 0.1) is 17.2 Å². The van der Waals surface area contributed by atoms with Crippen molar-refractivity contribution in [3.63, 3.8) is 0 Å². The number of hydrogen-bond donors (Lipinski definition) is 3. The Balaban J connectivity index is 0.000000260. The molecule has 1 aromatic heterocycles. The van der Waals surface area contributed by atoms with Crippen LogP contribution in [-0.4, -0.2) is 52.7 Å². The molecule has 0 unspecified atom stereocenters. The Morgan fingerprint density at radius 3 is 2.50 bits per heavy atom. The highest BCUT2D eigenvalue weighted by Crippen LogP contribution is 2.49. The number of fused-ring (bicyclic) bond motifs is 1. The van der Waals surface area contributed by atoms with Crippen molar-refractivity contribution in [3.05, 3.63) is 47.7 Å². The molecule has 1 aromatic carbocycles. The van der Waals surface area contributed by atoms with Gasteiger partial charge in [-0.2, -0.15) is 5.26 Å². The van der Waals surface area contributed by atoms with Gasteiger partial charge in [-0.15, -0.1) is 0 Å². The van der Waals surface area contributed by atoms with E-state index in [1.165, 1.54) is 17.4 Å². The number of benzene rings is 1. The Kier molecular flexibility index (Phi) is 6.15. The van der Waals surface area contributed by atoms with Crippen molar-refractivity contribution in [1.29, 1.82) is 5.26 Å². The molecule has 2 aromatic rings. The second kappa shape index (κ2) is 8.32. The second-order valence-electron chi connectivity index (χ2n) is 6.49. The van der Waals surface area contributed by atoms with Gasteiger partial charge in [-0.25, -0.2) is 9.59 Å². The van der Waals surface area contributed by atoms with Gasteiger partial charge in [0.05, 0.1) is 11.6 Å². The summed E-state index contributed by atoms with van der Waals surface area (Å²) in [4.78, 5) is 24.7. The first kappa shape index (κ1) is 19.2. The maximum atomic E-state index is 9.55. The molecule has 7 nitrogen and oxygen atoms in total. The molecule has 7 heteroatoms. The number of carbonyl (C=O) groups is 2. The number of aliphatic carboxylic acids is 2. The molecule has 26 heavy (non-hydrogen) atoms. The Morgan fingerprint density at radius 2 is 1.96 bits per heavy atom. The molecule has 0 amide bonds. The molecule has 0 bridgehead atoms. The zero-order chi connectivity index (χ0) is 19.3. The Labute approximate surface area is 151 Å². The van der Waals surface area contributed by atoms with Gasteiger partial charge < -0.3 is 20.1 Å². The first-order valence-electron chi connectivity index (χ1n) is 8.11. The van der Waals surface area contributed by atoms with Gasteiger partial charge in [0.25, 0.3) is 0 Å². The van der Waals surface area contributed by atoms with E-state index in [-0.39, 0.29) is 0 Å². The number of rotatable bonds is 5. The van der Waals surface area contributed by atoms with E-state index in [2.05, 4.69) is 36.2 Å².